The van der Waals surface area contributed by atoms with Crippen LogP contribution in [0.4, 0.5) is 0 Å². The Balaban J connectivity index is 0. The van der Waals surface area contributed by atoms with Gasteiger partial charge in [0.1, 0.15) is 6.61 Å². The Bertz CT molecular complexity index is 534. The minimum atomic E-state index is -4.75. The van der Waals surface area contributed by atoms with E-state index in [1.165, 1.54) is 44.6 Å². The van der Waals surface area contributed by atoms with Gasteiger partial charge >= 0.3 is 11.9 Å². The zero-order valence-corrected chi connectivity index (χ0v) is 20.2. The molecular weight excluding hydrogens is 395 g/mol. The molecule has 7 nitrogen and oxygen atoms in total. The van der Waals surface area contributed by atoms with Crippen molar-refractivity contribution in [1.82, 2.24) is 0 Å². The summed E-state index contributed by atoms with van der Waals surface area (Å²) in [6.45, 7) is 5.48. The number of carbonyl (C=O) groups is 2. The molecule has 159 valence electrons. The van der Waals surface area contributed by atoms with Crippen LogP contribution in [0.5, 0.6) is 0 Å². The fourth-order valence-corrected chi connectivity index (χ4v) is 3.19. The smallest absolute Gasteiger partial charge is 0.327 e. The first-order valence-electron chi connectivity index (χ1n) is 9.72. The molecule has 0 spiro atoms. The molecule has 1 atom stereocenters. The molecule has 1 N–H and O–H groups in total. The third-order valence-corrected chi connectivity index (χ3v) is 5.16. The van der Waals surface area contributed by atoms with Gasteiger partial charge in [-0.25, -0.2) is 0 Å². The summed E-state index contributed by atoms with van der Waals surface area (Å²) in [5.41, 5.74) is 0. The topological polar surface area (TPSA) is 107 Å². The van der Waals surface area contributed by atoms with Crippen LogP contribution in [0.1, 0.15) is 77.6 Å². The normalized spacial score (nSPS) is 11.9. The van der Waals surface area contributed by atoms with E-state index in [1.807, 2.05) is 0 Å². The molecule has 0 saturated carbocycles. The monoisotopic (exact) mass is 429 g/mol. The average Bonchev–Trinajstić information content (AvgIpc) is 2.61. The third kappa shape index (κ3) is 16.5. The van der Waals surface area contributed by atoms with E-state index < -0.39 is 33.7 Å². The van der Waals surface area contributed by atoms with Gasteiger partial charge in [0.25, 0.3) is 10.1 Å². The number of carbonyl (C=O) groups excluding carboxylic acids is 2. The Labute approximate surface area is 191 Å². The van der Waals surface area contributed by atoms with Gasteiger partial charge in [-0.15, -0.1) is 0 Å². The summed E-state index contributed by atoms with van der Waals surface area (Å²) in [6.07, 6.45) is 11.9. The molecule has 0 aromatic heterocycles. The van der Waals surface area contributed by atoms with Crippen LogP contribution in [0.25, 0.3) is 0 Å². The first-order valence-corrected chi connectivity index (χ1v) is 11.2. The minimum Gasteiger partial charge on any atom is -0.466 e. The molecule has 1 radical (unpaired) electrons. The van der Waals surface area contributed by atoms with E-state index in [4.69, 9.17) is 9.29 Å². The molecule has 0 aliphatic carbocycles. The first-order chi connectivity index (χ1) is 12.8. The quantitative estimate of drug-likeness (QED) is 0.124. The van der Waals surface area contributed by atoms with Crippen molar-refractivity contribution in [2.45, 2.75) is 82.8 Å². The summed E-state index contributed by atoms with van der Waals surface area (Å²) in [6, 6.07) is 0. The number of esters is 2. The van der Waals surface area contributed by atoms with Crippen LogP contribution >= 0.6 is 0 Å². The Morgan fingerprint density at radius 3 is 1.93 bits per heavy atom. The predicted molar refractivity (Wildman–Crippen MR) is 110 cm³/mol. The van der Waals surface area contributed by atoms with E-state index in [-0.39, 0.29) is 42.8 Å². The maximum Gasteiger partial charge on any atom is 0.327 e. The fraction of sp³-hybridized carbons (Fsp3) is 0.789. The van der Waals surface area contributed by atoms with Crippen LogP contribution in [0.2, 0.25) is 0 Å². The van der Waals surface area contributed by atoms with E-state index in [9.17, 15) is 18.0 Å². The van der Waals surface area contributed by atoms with Crippen LogP contribution in [0.15, 0.2) is 12.7 Å². The summed E-state index contributed by atoms with van der Waals surface area (Å²) in [7, 11) is -4.75. The van der Waals surface area contributed by atoms with Gasteiger partial charge in [-0.3, -0.25) is 14.1 Å². The van der Waals surface area contributed by atoms with Crippen molar-refractivity contribution in [3.05, 3.63) is 12.7 Å². The SMILES string of the molecule is C=CCOC(=O)C(CC(=O)OCCCCCCCCCCCC)S(=O)(=O)O.[Na]. The van der Waals surface area contributed by atoms with Gasteiger partial charge in [-0.05, 0) is 6.42 Å². The number of rotatable bonds is 17. The van der Waals surface area contributed by atoms with Crippen molar-refractivity contribution < 1.29 is 32.0 Å². The standard InChI is InChI=1S/C19H34O7S.Na/c1-3-5-6-7-8-9-10-11-12-13-15-25-18(20)16-17(27(22,23)24)19(21)26-14-4-2;/h4,17H,2-3,5-16H2,1H3,(H,22,23,24);. The molecule has 1 unspecified atom stereocenters. The van der Waals surface area contributed by atoms with E-state index in [2.05, 4.69) is 18.2 Å². The molecule has 0 aromatic carbocycles. The van der Waals surface area contributed by atoms with Gasteiger partial charge < -0.3 is 9.47 Å². The van der Waals surface area contributed by atoms with Crippen molar-refractivity contribution in [1.29, 1.82) is 0 Å². The second-order valence-electron chi connectivity index (χ2n) is 6.53. The van der Waals surface area contributed by atoms with Crippen molar-refractivity contribution in [2.24, 2.45) is 0 Å². The maximum absolute atomic E-state index is 11.7. The zero-order valence-electron chi connectivity index (χ0n) is 17.4. The van der Waals surface area contributed by atoms with E-state index in [0.717, 1.165) is 19.3 Å². The molecule has 0 heterocycles. The molecule has 0 fully saturated rings. The number of unbranched alkanes of at least 4 members (excludes halogenated alkanes) is 9. The van der Waals surface area contributed by atoms with Crippen LogP contribution < -0.4 is 0 Å². The van der Waals surface area contributed by atoms with Crippen molar-refractivity contribution >= 4 is 51.6 Å². The van der Waals surface area contributed by atoms with Crippen molar-refractivity contribution in [3.8, 4) is 0 Å². The summed E-state index contributed by atoms with van der Waals surface area (Å²) in [5, 5.41) is -1.97. The third-order valence-electron chi connectivity index (χ3n) is 4.08. The average molecular weight is 430 g/mol. The Morgan fingerprint density at radius 1 is 0.964 bits per heavy atom. The molecule has 0 aliphatic rings. The maximum atomic E-state index is 11.7. The number of hydrogen-bond acceptors (Lipinski definition) is 6. The van der Waals surface area contributed by atoms with Gasteiger partial charge in [0.15, 0.2) is 5.25 Å². The molecule has 0 aliphatic heterocycles. The molecule has 9 heteroatoms. The van der Waals surface area contributed by atoms with Gasteiger partial charge in [-0.2, -0.15) is 8.42 Å². The van der Waals surface area contributed by atoms with E-state index in [0.29, 0.717) is 6.42 Å². The van der Waals surface area contributed by atoms with Gasteiger partial charge in [0, 0.05) is 29.6 Å². The van der Waals surface area contributed by atoms with Gasteiger partial charge in [0.2, 0.25) is 0 Å². The van der Waals surface area contributed by atoms with E-state index in [1.54, 1.807) is 0 Å². The van der Waals surface area contributed by atoms with Crippen LogP contribution in [0.3, 0.4) is 0 Å². The second kappa shape index (κ2) is 18.6. The Kier molecular flexibility index (Phi) is 19.8. The van der Waals surface area contributed by atoms with Gasteiger partial charge in [-0.1, -0.05) is 77.4 Å². The van der Waals surface area contributed by atoms with Crippen LogP contribution in [-0.2, 0) is 29.2 Å². The van der Waals surface area contributed by atoms with Crippen LogP contribution in [0, 0.1) is 0 Å². The predicted octanol–water partition coefficient (Wildman–Crippen LogP) is 3.45. The molecular formula is C19H34NaO7S. The second-order valence-corrected chi connectivity index (χ2v) is 8.13. The molecule has 0 amide bonds. The molecule has 28 heavy (non-hydrogen) atoms. The summed E-state index contributed by atoms with van der Waals surface area (Å²) in [5.74, 6) is -2.06. The summed E-state index contributed by atoms with van der Waals surface area (Å²) < 4.78 is 41.1. The Morgan fingerprint density at radius 2 is 1.46 bits per heavy atom. The first kappa shape index (κ1) is 29.8. The fourth-order valence-electron chi connectivity index (χ4n) is 2.53. The molecule has 0 aromatic rings. The molecule has 0 rings (SSSR count). The number of hydrogen-bond donors (Lipinski definition) is 1. The van der Waals surface area contributed by atoms with Crippen molar-refractivity contribution in [3.63, 3.8) is 0 Å². The Hall–Kier alpha value is -0.410. The zero-order chi connectivity index (χ0) is 20.5. The van der Waals surface area contributed by atoms with Crippen molar-refractivity contribution in [2.75, 3.05) is 13.2 Å². The summed E-state index contributed by atoms with van der Waals surface area (Å²) in [4.78, 5) is 23.3. The van der Waals surface area contributed by atoms with E-state index >= 15 is 0 Å². The molecule has 0 saturated heterocycles. The minimum absolute atomic E-state index is 0. The molecule has 0 bridgehead atoms. The summed E-state index contributed by atoms with van der Waals surface area (Å²) >= 11 is 0. The van der Waals surface area contributed by atoms with Gasteiger partial charge in [0.05, 0.1) is 13.0 Å². The number of ether oxygens (including phenoxy) is 2. The largest absolute Gasteiger partial charge is 0.466 e. The van der Waals surface area contributed by atoms with Crippen LogP contribution in [-0.4, -0.2) is 72.9 Å².